The number of benzene rings is 1. The molecule has 1 aromatic rings. The molecular formula is C12H16N2O4. The SMILES string of the molecule is C[C@@H](COC(=O)c1ccc([N+](=O)[O-])cc1)N(C)C. The van der Waals surface area contributed by atoms with Crippen molar-refractivity contribution in [2.45, 2.75) is 13.0 Å². The van der Waals surface area contributed by atoms with E-state index in [1.165, 1.54) is 24.3 Å². The van der Waals surface area contributed by atoms with Crippen LogP contribution in [0.2, 0.25) is 0 Å². The van der Waals surface area contributed by atoms with Gasteiger partial charge >= 0.3 is 5.97 Å². The molecule has 0 saturated carbocycles. The van der Waals surface area contributed by atoms with Crippen LogP contribution < -0.4 is 0 Å². The van der Waals surface area contributed by atoms with Crippen LogP contribution in [0.25, 0.3) is 0 Å². The van der Waals surface area contributed by atoms with Gasteiger partial charge in [-0.05, 0) is 33.2 Å². The molecule has 0 bridgehead atoms. The zero-order valence-electron chi connectivity index (χ0n) is 10.6. The van der Waals surface area contributed by atoms with Crippen molar-refractivity contribution < 1.29 is 14.5 Å². The van der Waals surface area contributed by atoms with Crippen LogP contribution in [0.4, 0.5) is 5.69 Å². The molecule has 18 heavy (non-hydrogen) atoms. The topological polar surface area (TPSA) is 72.7 Å². The molecule has 0 aliphatic rings. The average molecular weight is 252 g/mol. The number of non-ortho nitro benzene ring substituents is 1. The van der Waals surface area contributed by atoms with E-state index in [2.05, 4.69) is 0 Å². The lowest BCUT2D eigenvalue weighted by molar-refractivity contribution is -0.384. The molecule has 0 spiro atoms. The molecule has 0 radical (unpaired) electrons. The minimum Gasteiger partial charge on any atom is -0.460 e. The van der Waals surface area contributed by atoms with Crippen molar-refractivity contribution in [3.8, 4) is 0 Å². The van der Waals surface area contributed by atoms with Crippen LogP contribution in [0.15, 0.2) is 24.3 Å². The van der Waals surface area contributed by atoms with Gasteiger partial charge in [0, 0.05) is 18.2 Å². The zero-order valence-corrected chi connectivity index (χ0v) is 10.6. The van der Waals surface area contributed by atoms with Gasteiger partial charge in [0.25, 0.3) is 5.69 Å². The van der Waals surface area contributed by atoms with Crippen LogP contribution in [0.3, 0.4) is 0 Å². The summed E-state index contributed by atoms with van der Waals surface area (Å²) in [6.07, 6.45) is 0. The van der Waals surface area contributed by atoms with Crippen molar-refractivity contribution in [2.24, 2.45) is 0 Å². The van der Waals surface area contributed by atoms with E-state index in [1.807, 2.05) is 25.9 Å². The highest BCUT2D eigenvalue weighted by atomic mass is 16.6. The fourth-order valence-corrected chi connectivity index (χ4v) is 1.15. The molecule has 1 rings (SSSR count). The third kappa shape index (κ3) is 3.81. The minimum absolute atomic E-state index is 0.0480. The molecule has 6 nitrogen and oxygen atoms in total. The molecule has 0 amide bonds. The lowest BCUT2D eigenvalue weighted by Gasteiger charge is -2.19. The number of carbonyl (C=O) groups excluding carboxylic acids is 1. The van der Waals surface area contributed by atoms with Gasteiger partial charge in [-0.25, -0.2) is 4.79 Å². The highest BCUT2D eigenvalue weighted by Crippen LogP contribution is 2.12. The number of nitrogens with zero attached hydrogens (tertiary/aromatic N) is 2. The molecule has 0 aliphatic heterocycles. The molecule has 0 heterocycles. The molecule has 0 fully saturated rings. The van der Waals surface area contributed by atoms with Crippen LogP contribution in [0.5, 0.6) is 0 Å². The van der Waals surface area contributed by atoms with Gasteiger partial charge in [0.1, 0.15) is 6.61 Å². The molecule has 0 N–H and O–H groups in total. The molecule has 0 aromatic heterocycles. The fourth-order valence-electron chi connectivity index (χ4n) is 1.15. The maximum absolute atomic E-state index is 11.6. The lowest BCUT2D eigenvalue weighted by atomic mass is 10.2. The summed E-state index contributed by atoms with van der Waals surface area (Å²) in [5.74, 6) is -0.474. The van der Waals surface area contributed by atoms with Crippen molar-refractivity contribution >= 4 is 11.7 Å². The summed E-state index contributed by atoms with van der Waals surface area (Å²) in [4.78, 5) is 23.5. The van der Waals surface area contributed by atoms with E-state index in [0.717, 1.165) is 0 Å². The Hall–Kier alpha value is -1.95. The first-order chi connectivity index (χ1) is 8.41. The largest absolute Gasteiger partial charge is 0.460 e. The first-order valence-electron chi connectivity index (χ1n) is 5.50. The number of rotatable bonds is 5. The van der Waals surface area contributed by atoms with Gasteiger partial charge in [-0.3, -0.25) is 10.1 Å². The van der Waals surface area contributed by atoms with Crippen molar-refractivity contribution in [1.29, 1.82) is 0 Å². The van der Waals surface area contributed by atoms with Crippen LogP contribution in [0.1, 0.15) is 17.3 Å². The Balaban J connectivity index is 2.59. The van der Waals surface area contributed by atoms with Gasteiger partial charge < -0.3 is 9.64 Å². The number of nitro groups is 1. The first kappa shape index (κ1) is 14.1. The summed E-state index contributed by atoms with van der Waals surface area (Å²) in [7, 11) is 3.79. The summed E-state index contributed by atoms with van der Waals surface area (Å²) in [6, 6.07) is 5.46. The molecular weight excluding hydrogens is 236 g/mol. The number of likely N-dealkylation sites (N-methyl/N-ethyl adjacent to an activating group) is 1. The predicted octanol–water partition coefficient (Wildman–Crippen LogP) is 1.70. The Morgan fingerprint density at radius 2 is 1.94 bits per heavy atom. The number of ether oxygens (including phenoxy) is 1. The second kappa shape index (κ2) is 6.11. The van der Waals surface area contributed by atoms with E-state index in [9.17, 15) is 14.9 Å². The van der Waals surface area contributed by atoms with Crippen molar-refractivity contribution in [3.05, 3.63) is 39.9 Å². The van der Waals surface area contributed by atoms with Crippen LogP contribution >= 0.6 is 0 Å². The number of hydrogen-bond acceptors (Lipinski definition) is 5. The number of carbonyl (C=O) groups is 1. The molecule has 1 aromatic carbocycles. The summed E-state index contributed by atoms with van der Waals surface area (Å²) in [5, 5.41) is 10.5. The summed E-state index contributed by atoms with van der Waals surface area (Å²) >= 11 is 0. The van der Waals surface area contributed by atoms with Crippen LogP contribution in [0, 0.1) is 10.1 Å². The summed E-state index contributed by atoms with van der Waals surface area (Å²) < 4.78 is 5.10. The van der Waals surface area contributed by atoms with Gasteiger partial charge in [0.05, 0.1) is 10.5 Å². The lowest BCUT2D eigenvalue weighted by Crippen LogP contribution is -2.30. The molecule has 0 aliphatic carbocycles. The van der Waals surface area contributed by atoms with Gasteiger partial charge in [-0.15, -0.1) is 0 Å². The molecule has 1 atom stereocenters. The van der Waals surface area contributed by atoms with Crippen molar-refractivity contribution in [2.75, 3.05) is 20.7 Å². The fraction of sp³-hybridized carbons (Fsp3) is 0.417. The van der Waals surface area contributed by atoms with Crippen LogP contribution in [-0.2, 0) is 4.74 Å². The van der Waals surface area contributed by atoms with Gasteiger partial charge in [0.15, 0.2) is 0 Å². The smallest absolute Gasteiger partial charge is 0.338 e. The maximum atomic E-state index is 11.6. The Kier molecular flexibility index (Phi) is 4.79. The zero-order chi connectivity index (χ0) is 13.7. The van der Waals surface area contributed by atoms with E-state index in [-0.39, 0.29) is 18.3 Å². The third-order valence-corrected chi connectivity index (χ3v) is 2.65. The highest BCUT2D eigenvalue weighted by molar-refractivity contribution is 5.89. The molecule has 0 unspecified atom stereocenters. The van der Waals surface area contributed by atoms with E-state index >= 15 is 0 Å². The van der Waals surface area contributed by atoms with E-state index in [1.54, 1.807) is 0 Å². The predicted molar refractivity (Wildman–Crippen MR) is 66.5 cm³/mol. The van der Waals surface area contributed by atoms with Gasteiger partial charge in [0.2, 0.25) is 0 Å². The highest BCUT2D eigenvalue weighted by Gasteiger charge is 2.12. The Morgan fingerprint density at radius 1 is 1.39 bits per heavy atom. The number of esters is 1. The quantitative estimate of drug-likeness (QED) is 0.453. The second-order valence-electron chi connectivity index (χ2n) is 4.22. The Morgan fingerprint density at radius 3 is 2.39 bits per heavy atom. The molecule has 98 valence electrons. The first-order valence-corrected chi connectivity index (χ1v) is 5.50. The van der Waals surface area contributed by atoms with E-state index in [4.69, 9.17) is 4.74 Å². The van der Waals surface area contributed by atoms with Gasteiger partial charge in [-0.2, -0.15) is 0 Å². The van der Waals surface area contributed by atoms with Gasteiger partial charge in [-0.1, -0.05) is 0 Å². The maximum Gasteiger partial charge on any atom is 0.338 e. The molecule has 6 heteroatoms. The van der Waals surface area contributed by atoms with Crippen molar-refractivity contribution in [3.63, 3.8) is 0 Å². The average Bonchev–Trinajstić information content (AvgIpc) is 2.35. The Bertz CT molecular complexity index is 428. The monoisotopic (exact) mass is 252 g/mol. The third-order valence-electron chi connectivity index (χ3n) is 2.65. The molecule has 0 saturated heterocycles. The second-order valence-corrected chi connectivity index (χ2v) is 4.22. The summed E-state index contributed by atoms with van der Waals surface area (Å²) in [5.41, 5.74) is 0.264. The van der Waals surface area contributed by atoms with Crippen molar-refractivity contribution in [1.82, 2.24) is 4.90 Å². The van der Waals surface area contributed by atoms with Crippen LogP contribution in [-0.4, -0.2) is 42.5 Å². The summed E-state index contributed by atoms with van der Waals surface area (Å²) in [6.45, 7) is 2.21. The van der Waals surface area contributed by atoms with E-state index in [0.29, 0.717) is 5.56 Å². The number of nitro benzene ring substituents is 1. The minimum atomic E-state index is -0.511. The van der Waals surface area contributed by atoms with E-state index < -0.39 is 10.9 Å². The Labute approximate surface area is 105 Å². The standard InChI is InChI=1S/C12H16N2O4/c1-9(13(2)3)8-18-12(15)10-4-6-11(7-5-10)14(16)17/h4-7,9H,8H2,1-3H3/t9-/m0/s1. The normalized spacial score (nSPS) is 12.2. The number of hydrogen-bond donors (Lipinski definition) is 0.